The molecule has 0 bridgehead atoms. The zero-order valence-electron chi connectivity index (χ0n) is 11.7. The second kappa shape index (κ2) is 5.85. The third kappa shape index (κ3) is 3.56. The Morgan fingerprint density at radius 3 is 2.50 bits per heavy atom. The Hall–Kier alpha value is -0.860. The molecule has 5 heteroatoms. The second-order valence-electron chi connectivity index (χ2n) is 5.20. The highest BCUT2D eigenvalue weighted by Gasteiger charge is 2.24. The summed E-state index contributed by atoms with van der Waals surface area (Å²) in [5.41, 5.74) is 1.59. The van der Waals surface area contributed by atoms with Gasteiger partial charge in [0.25, 0.3) is 0 Å². The number of halogens is 1. The monoisotopic (exact) mass is 312 g/mol. The molecule has 1 rings (SSSR count). The first-order valence-electron chi connectivity index (χ1n) is 6.17. The Bertz CT molecular complexity index is 458. The van der Waals surface area contributed by atoms with E-state index in [2.05, 4.69) is 46.3 Å². The molecule has 1 heterocycles. The summed E-state index contributed by atoms with van der Waals surface area (Å²) in [7, 11) is 0. The fourth-order valence-corrected chi connectivity index (χ4v) is 2.30. The lowest BCUT2D eigenvalue weighted by Crippen LogP contribution is -2.45. The SMILES string of the molecule is Cc1nn(CCC(C)(C#N)NC(C)C)c(C)c1Br. The number of nitriles is 1. The van der Waals surface area contributed by atoms with E-state index >= 15 is 0 Å². The number of aryl methyl sites for hydroxylation is 2. The maximum Gasteiger partial charge on any atom is 0.105 e. The molecule has 1 N–H and O–H groups in total. The van der Waals surface area contributed by atoms with E-state index in [4.69, 9.17) is 0 Å². The van der Waals surface area contributed by atoms with Crippen LogP contribution in [0.15, 0.2) is 4.47 Å². The standard InChI is InChI=1S/C13H21BrN4/c1-9(2)16-13(5,8-15)6-7-18-11(4)12(14)10(3)17-18/h9,16H,6-7H2,1-5H3. The molecule has 0 fully saturated rings. The molecule has 1 unspecified atom stereocenters. The van der Waals surface area contributed by atoms with Gasteiger partial charge >= 0.3 is 0 Å². The van der Waals surface area contributed by atoms with Crippen LogP contribution >= 0.6 is 15.9 Å². The average molecular weight is 313 g/mol. The van der Waals surface area contributed by atoms with Crippen LogP contribution in [0, 0.1) is 25.2 Å². The van der Waals surface area contributed by atoms with Crippen LogP contribution in [0.5, 0.6) is 0 Å². The fraction of sp³-hybridized carbons (Fsp3) is 0.692. The molecule has 0 aliphatic rings. The second-order valence-corrected chi connectivity index (χ2v) is 5.99. The Morgan fingerprint density at radius 2 is 2.11 bits per heavy atom. The first-order valence-corrected chi connectivity index (χ1v) is 6.97. The van der Waals surface area contributed by atoms with Gasteiger partial charge in [0.15, 0.2) is 0 Å². The lowest BCUT2D eigenvalue weighted by Gasteiger charge is -2.26. The third-order valence-electron chi connectivity index (χ3n) is 2.97. The summed E-state index contributed by atoms with van der Waals surface area (Å²) >= 11 is 3.51. The van der Waals surface area contributed by atoms with E-state index in [1.807, 2.05) is 25.5 Å². The van der Waals surface area contributed by atoms with Gasteiger partial charge in [0.05, 0.1) is 16.2 Å². The Labute approximate surface area is 117 Å². The zero-order valence-corrected chi connectivity index (χ0v) is 13.3. The van der Waals surface area contributed by atoms with E-state index in [9.17, 15) is 5.26 Å². The fourth-order valence-electron chi connectivity index (χ4n) is 2.02. The predicted octanol–water partition coefficient (Wildman–Crippen LogP) is 2.93. The molecule has 0 aliphatic carbocycles. The van der Waals surface area contributed by atoms with E-state index in [1.54, 1.807) is 0 Å². The molecule has 0 spiro atoms. The number of hydrogen-bond acceptors (Lipinski definition) is 3. The van der Waals surface area contributed by atoms with Crippen LogP contribution in [0.25, 0.3) is 0 Å². The van der Waals surface area contributed by atoms with Crippen LogP contribution in [-0.4, -0.2) is 21.4 Å². The van der Waals surface area contributed by atoms with E-state index < -0.39 is 5.54 Å². The van der Waals surface area contributed by atoms with Crippen molar-refractivity contribution in [3.63, 3.8) is 0 Å². The highest BCUT2D eigenvalue weighted by Crippen LogP contribution is 2.21. The maximum absolute atomic E-state index is 9.29. The molecule has 0 aliphatic heterocycles. The minimum Gasteiger partial charge on any atom is -0.297 e. The highest BCUT2D eigenvalue weighted by molar-refractivity contribution is 9.10. The van der Waals surface area contributed by atoms with E-state index in [1.165, 1.54) is 0 Å². The molecule has 1 aromatic rings. The van der Waals surface area contributed by atoms with Crippen LogP contribution < -0.4 is 5.32 Å². The molecule has 100 valence electrons. The summed E-state index contributed by atoms with van der Waals surface area (Å²) in [5.74, 6) is 0. The number of aromatic nitrogens is 2. The van der Waals surface area contributed by atoms with Gasteiger partial charge in [-0.3, -0.25) is 10.00 Å². The van der Waals surface area contributed by atoms with Crippen molar-refractivity contribution in [3.8, 4) is 6.07 Å². The summed E-state index contributed by atoms with van der Waals surface area (Å²) < 4.78 is 3.01. The predicted molar refractivity (Wildman–Crippen MR) is 76.3 cm³/mol. The summed E-state index contributed by atoms with van der Waals surface area (Å²) in [5, 5.41) is 17.1. The first kappa shape index (κ1) is 15.2. The van der Waals surface area contributed by atoms with Crippen molar-refractivity contribution in [3.05, 3.63) is 15.9 Å². The molecule has 1 aromatic heterocycles. The highest BCUT2D eigenvalue weighted by atomic mass is 79.9. The van der Waals surface area contributed by atoms with Gasteiger partial charge in [-0.15, -0.1) is 0 Å². The minimum absolute atomic E-state index is 0.293. The normalized spacial score (nSPS) is 14.6. The van der Waals surface area contributed by atoms with Crippen LogP contribution in [0.3, 0.4) is 0 Å². The van der Waals surface area contributed by atoms with Crippen molar-refractivity contribution >= 4 is 15.9 Å². The summed E-state index contributed by atoms with van der Waals surface area (Å²) in [6.45, 7) is 10.8. The quantitative estimate of drug-likeness (QED) is 0.909. The van der Waals surface area contributed by atoms with Gasteiger partial charge < -0.3 is 0 Å². The molecule has 1 atom stereocenters. The Morgan fingerprint density at radius 1 is 1.50 bits per heavy atom. The van der Waals surface area contributed by atoms with E-state index in [-0.39, 0.29) is 0 Å². The van der Waals surface area contributed by atoms with Crippen molar-refractivity contribution < 1.29 is 0 Å². The lowest BCUT2D eigenvalue weighted by molar-refractivity contribution is 0.353. The molecular weight excluding hydrogens is 292 g/mol. The van der Waals surface area contributed by atoms with Crippen molar-refractivity contribution in [2.24, 2.45) is 0 Å². The number of nitrogens with zero attached hydrogens (tertiary/aromatic N) is 3. The summed E-state index contributed by atoms with van der Waals surface area (Å²) in [6.07, 6.45) is 0.732. The zero-order chi connectivity index (χ0) is 13.9. The van der Waals surface area contributed by atoms with Gasteiger partial charge in [-0.25, -0.2) is 0 Å². The number of rotatable bonds is 5. The largest absolute Gasteiger partial charge is 0.297 e. The molecule has 0 saturated heterocycles. The molecule has 0 aromatic carbocycles. The number of nitrogens with one attached hydrogen (secondary N) is 1. The Balaban J connectivity index is 2.74. The van der Waals surface area contributed by atoms with Gasteiger partial charge in [-0.1, -0.05) is 0 Å². The van der Waals surface area contributed by atoms with Gasteiger partial charge in [-0.05, 0) is 57.0 Å². The van der Waals surface area contributed by atoms with Crippen molar-refractivity contribution in [1.82, 2.24) is 15.1 Å². The third-order valence-corrected chi connectivity index (χ3v) is 4.12. The smallest absolute Gasteiger partial charge is 0.105 e. The van der Waals surface area contributed by atoms with Gasteiger partial charge in [0.2, 0.25) is 0 Å². The van der Waals surface area contributed by atoms with Crippen molar-refractivity contribution in [2.75, 3.05) is 0 Å². The van der Waals surface area contributed by atoms with Crippen LogP contribution in [0.2, 0.25) is 0 Å². The molecule has 18 heavy (non-hydrogen) atoms. The molecule has 0 radical (unpaired) electrons. The van der Waals surface area contributed by atoms with Crippen LogP contribution in [-0.2, 0) is 6.54 Å². The van der Waals surface area contributed by atoms with Gasteiger partial charge in [0.1, 0.15) is 5.54 Å². The van der Waals surface area contributed by atoms with E-state index in [0.29, 0.717) is 6.04 Å². The minimum atomic E-state index is -0.507. The van der Waals surface area contributed by atoms with Crippen LogP contribution in [0.1, 0.15) is 38.6 Å². The molecule has 0 amide bonds. The van der Waals surface area contributed by atoms with Crippen LogP contribution in [0.4, 0.5) is 0 Å². The van der Waals surface area contributed by atoms with Gasteiger partial charge in [-0.2, -0.15) is 10.4 Å². The first-order chi connectivity index (χ1) is 8.29. The topological polar surface area (TPSA) is 53.6 Å². The average Bonchev–Trinajstić information content (AvgIpc) is 2.53. The van der Waals surface area contributed by atoms with Crippen molar-refractivity contribution in [2.45, 2.75) is 59.2 Å². The van der Waals surface area contributed by atoms with Crippen molar-refractivity contribution in [1.29, 1.82) is 5.26 Å². The van der Waals surface area contributed by atoms with E-state index in [0.717, 1.165) is 28.8 Å². The maximum atomic E-state index is 9.29. The lowest BCUT2D eigenvalue weighted by atomic mass is 9.99. The number of hydrogen-bond donors (Lipinski definition) is 1. The molecular formula is C13H21BrN4. The Kier molecular flexibility index (Phi) is 4.94. The molecule has 4 nitrogen and oxygen atoms in total. The summed E-state index contributed by atoms with van der Waals surface area (Å²) in [6, 6.07) is 2.65. The molecule has 0 saturated carbocycles. The van der Waals surface area contributed by atoms with Gasteiger partial charge in [0, 0.05) is 18.3 Å². The summed E-state index contributed by atoms with van der Waals surface area (Å²) in [4.78, 5) is 0.